The molecule has 114 valence electrons. The molecule has 21 heavy (non-hydrogen) atoms. The van der Waals surface area contributed by atoms with Crippen LogP contribution in [0.15, 0.2) is 24.3 Å². The van der Waals surface area contributed by atoms with Crippen LogP contribution in [0.5, 0.6) is 5.75 Å². The van der Waals surface area contributed by atoms with Gasteiger partial charge in [0.05, 0.1) is 13.7 Å². The van der Waals surface area contributed by atoms with Crippen LogP contribution in [0.3, 0.4) is 0 Å². The molecular formula is C14H18N2O5. The Labute approximate surface area is 122 Å². The number of methoxy groups -OCH3 is 1. The van der Waals surface area contributed by atoms with Crippen LogP contribution in [0.2, 0.25) is 0 Å². The summed E-state index contributed by atoms with van der Waals surface area (Å²) in [6, 6.07) is 7.23. The third kappa shape index (κ3) is 5.52. The molecule has 0 heterocycles. The van der Waals surface area contributed by atoms with Crippen molar-refractivity contribution in [2.75, 3.05) is 20.2 Å². The standard InChI is InChI=1S/C14H18N2O5/c1-21-11-5-3-2-4-10(11)6-7-13(18)16(8-12(15)17)9-14(19)20/h2-5H,6-9H2,1H3,(H2,15,17)(H,19,20). The first-order valence-electron chi connectivity index (χ1n) is 6.33. The van der Waals surface area contributed by atoms with Gasteiger partial charge in [-0.05, 0) is 18.1 Å². The molecule has 0 bridgehead atoms. The van der Waals surface area contributed by atoms with Gasteiger partial charge in [-0.15, -0.1) is 0 Å². The van der Waals surface area contributed by atoms with Crippen molar-refractivity contribution in [3.8, 4) is 5.75 Å². The molecule has 0 aliphatic rings. The first kappa shape index (κ1) is 16.5. The minimum atomic E-state index is -1.19. The van der Waals surface area contributed by atoms with E-state index in [4.69, 9.17) is 15.6 Å². The van der Waals surface area contributed by atoms with Crippen LogP contribution in [0.4, 0.5) is 0 Å². The number of nitrogens with zero attached hydrogens (tertiary/aromatic N) is 1. The zero-order valence-electron chi connectivity index (χ0n) is 11.7. The third-order valence-electron chi connectivity index (χ3n) is 2.83. The highest BCUT2D eigenvalue weighted by molar-refractivity contribution is 5.86. The first-order valence-corrected chi connectivity index (χ1v) is 6.33. The van der Waals surface area contributed by atoms with Gasteiger partial charge in [0, 0.05) is 6.42 Å². The van der Waals surface area contributed by atoms with Gasteiger partial charge < -0.3 is 20.5 Å². The van der Waals surface area contributed by atoms with Gasteiger partial charge in [-0.1, -0.05) is 18.2 Å². The maximum Gasteiger partial charge on any atom is 0.323 e. The van der Waals surface area contributed by atoms with E-state index in [0.29, 0.717) is 12.2 Å². The lowest BCUT2D eigenvalue weighted by Gasteiger charge is -2.19. The number of carbonyl (C=O) groups excluding carboxylic acids is 2. The number of hydrogen-bond donors (Lipinski definition) is 2. The largest absolute Gasteiger partial charge is 0.496 e. The van der Waals surface area contributed by atoms with E-state index >= 15 is 0 Å². The second-order valence-corrected chi connectivity index (χ2v) is 4.42. The number of primary amides is 1. The van der Waals surface area contributed by atoms with Crippen LogP contribution in [0.25, 0.3) is 0 Å². The molecule has 0 radical (unpaired) electrons. The van der Waals surface area contributed by atoms with Crippen molar-refractivity contribution < 1.29 is 24.2 Å². The molecule has 1 rings (SSSR count). The van der Waals surface area contributed by atoms with Crippen molar-refractivity contribution in [3.63, 3.8) is 0 Å². The maximum absolute atomic E-state index is 12.0. The third-order valence-corrected chi connectivity index (χ3v) is 2.83. The predicted octanol–water partition coefficient (Wildman–Crippen LogP) is 0.0263. The molecule has 1 aromatic rings. The van der Waals surface area contributed by atoms with E-state index in [9.17, 15) is 14.4 Å². The first-order chi connectivity index (χ1) is 9.93. The van der Waals surface area contributed by atoms with E-state index in [0.717, 1.165) is 10.5 Å². The number of benzene rings is 1. The lowest BCUT2D eigenvalue weighted by Crippen LogP contribution is -2.41. The van der Waals surface area contributed by atoms with Crippen molar-refractivity contribution in [1.82, 2.24) is 4.90 Å². The fourth-order valence-corrected chi connectivity index (χ4v) is 1.89. The van der Waals surface area contributed by atoms with E-state index < -0.39 is 30.9 Å². The monoisotopic (exact) mass is 294 g/mol. The fourth-order valence-electron chi connectivity index (χ4n) is 1.89. The number of hydrogen-bond acceptors (Lipinski definition) is 4. The molecule has 0 aromatic heterocycles. The lowest BCUT2D eigenvalue weighted by atomic mass is 10.1. The molecule has 0 aliphatic carbocycles. The van der Waals surface area contributed by atoms with Crippen LogP contribution in [-0.4, -0.2) is 48.0 Å². The van der Waals surface area contributed by atoms with E-state index in [1.54, 1.807) is 6.07 Å². The van der Waals surface area contributed by atoms with Gasteiger partial charge in [0.25, 0.3) is 0 Å². The number of rotatable bonds is 8. The van der Waals surface area contributed by atoms with Gasteiger partial charge in [-0.3, -0.25) is 14.4 Å². The average Bonchev–Trinajstić information content (AvgIpc) is 2.43. The number of para-hydroxylation sites is 1. The average molecular weight is 294 g/mol. The summed E-state index contributed by atoms with van der Waals surface area (Å²) in [6.07, 6.45) is 0.457. The Morgan fingerprint density at radius 3 is 2.48 bits per heavy atom. The Hall–Kier alpha value is -2.57. The summed E-state index contributed by atoms with van der Waals surface area (Å²) in [5.41, 5.74) is 5.85. The number of ether oxygens (including phenoxy) is 1. The highest BCUT2D eigenvalue weighted by atomic mass is 16.5. The van der Waals surface area contributed by atoms with Crippen molar-refractivity contribution in [2.24, 2.45) is 5.73 Å². The molecule has 0 unspecified atom stereocenters. The van der Waals surface area contributed by atoms with Gasteiger partial charge >= 0.3 is 5.97 Å². The van der Waals surface area contributed by atoms with Crippen molar-refractivity contribution in [1.29, 1.82) is 0 Å². The van der Waals surface area contributed by atoms with E-state index in [-0.39, 0.29) is 6.42 Å². The van der Waals surface area contributed by atoms with Crippen LogP contribution >= 0.6 is 0 Å². The summed E-state index contributed by atoms with van der Waals surface area (Å²) in [7, 11) is 1.53. The number of carboxylic acids is 1. The Morgan fingerprint density at radius 2 is 1.90 bits per heavy atom. The molecule has 7 nitrogen and oxygen atoms in total. The highest BCUT2D eigenvalue weighted by Gasteiger charge is 2.19. The molecule has 0 atom stereocenters. The van der Waals surface area contributed by atoms with Gasteiger partial charge in [-0.2, -0.15) is 0 Å². The smallest absolute Gasteiger partial charge is 0.323 e. The summed E-state index contributed by atoms with van der Waals surface area (Å²) in [5.74, 6) is -1.73. The molecule has 0 spiro atoms. The molecular weight excluding hydrogens is 276 g/mol. The van der Waals surface area contributed by atoms with Gasteiger partial charge in [0.1, 0.15) is 12.3 Å². The molecule has 3 N–H and O–H groups in total. The Balaban J connectivity index is 2.68. The van der Waals surface area contributed by atoms with E-state index in [1.807, 2.05) is 18.2 Å². The quantitative estimate of drug-likeness (QED) is 0.702. The van der Waals surface area contributed by atoms with Crippen molar-refractivity contribution in [3.05, 3.63) is 29.8 Å². The molecule has 2 amide bonds. The number of carboxylic acid groups (broad SMARTS) is 1. The molecule has 7 heteroatoms. The zero-order valence-corrected chi connectivity index (χ0v) is 11.7. The molecule has 0 fully saturated rings. The SMILES string of the molecule is COc1ccccc1CCC(=O)N(CC(N)=O)CC(=O)O. The van der Waals surface area contributed by atoms with Crippen LogP contribution in [-0.2, 0) is 20.8 Å². The van der Waals surface area contributed by atoms with Crippen LogP contribution < -0.4 is 10.5 Å². The second-order valence-electron chi connectivity index (χ2n) is 4.42. The zero-order chi connectivity index (χ0) is 15.8. The summed E-state index contributed by atoms with van der Waals surface area (Å²) >= 11 is 0. The van der Waals surface area contributed by atoms with Crippen molar-refractivity contribution in [2.45, 2.75) is 12.8 Å². The van der Waals surface area contributed by atoms with Gasteiger partial charge in [-0.25, -0.2) is 0 Å². The fraction of sp³-hybridized carbons (Fsp3) is 0.357. The highest BCUT2D eigenvalue weighted by Crippen LogP contribution is 2.19. The Bertz CT molecular complexity index is 514. The molecule has 0 aliphatic heterocycles. The van der Waals surface area contributed by atoms with Crippen LogP contribution in [0.1, 0.15) is 12.0 Å². The second kappa shape index (κ2) is 7.88. The number of carbonyl (C=O) groups is 3. The normalized spacial score (nSPS) is 9.95. The number of amides is 2. The summed E-state index contributed by atoms with van der Waals surface area (Å²) in [6.45, 7) is -0.954. The van der Waals surface area contributed by atoms with Gasteiger partial charge in [0.15, 0.2) is 0 Å². The molecule has 1 aromatic carbocycles. The lowest BCUT2D eigenvalue weighted by molar-refractivity contribution is -0.145. The van der Waals surface area contributed by atoms with E-state index in [2.05, 4.69) is 0 Å². The van der Waals surface area contributed by atoms with E-state index in [1.165, 1.54) is 7.11 Å². The Kier molecular flexibility index (Phi) is 6.19. The topological polar surface area (TPSA) is 110 Å². The summed E-state index contributed by atoms with van der Waals surface area (Å²) in [5, 5.41) is 8.75. The van der Waals surface area contributed by atoms with Crippen molar-refractivity contribution >= 4 is 17.8 Å². The van der Waals surface area contributed by atoms with Crippen LogP contribution in [0, 0.1) is 0 Å². The van der Waals surface area contributed by atoms with Gasteiger partial charge in [0.2, 0.25) is 11.8 Å². The Morgan fingerprint density at radius 1 is 1.24 bits per heavy atom. The predicted molar refractivity (Wildman–Crippen MR) is 74.7 cm³/mol. The molecule has 0 saturated heterocycles. The minimum Gasteiger partial charge on any atom is -0.496 e. The molecule has 0 saturated carbocycles. The number of nitrogens with two attached hydrogens (primary N) is 1. The number of aryl methyl sites for hydroxylation is 1. The number of aliphatic carboxylic acids is 1. The maximum atomic E-state index is 12.0. The summed E-state index contributed by atoms with van der Waals surface area (Å²) in [4.78, 5) is 34.5. The minimum absolute atomic E-state index is 0.0704. The summed E-state index contributed by atoms with van der Waals surface area (Å²) < 4.78 is 5.17.